The fourth-order valence-corrected chi connectivity index (χ4v) is 5.34. The van der Waals surface area contributed by atoms with Crippen LogP contribution in [0.1, 0.15) is 36.5 Å². The van der Waals surface area contributed by atoms with E-state index in [1.54, 1.807) is 31.4 Å². The van der Waals surface area contributed by atoms with E-state index in [2.05, 4.69) is 18.6 Å². The molecular formula is C32H36N4O4S. The number of nitrogens with one attached hydrogen (secondary N) is 2. The molecular weight excluding hydrogens is 536 g/mol. The molecule has 0 saturated carbocycles. The van der Waals surface area contributed by atoms with E-state index in [-0.39, 0.29) is 17.3 Å². The predicted molar refractivity (Wildman–Crippen MR) is 164 cm³/mol. The smallest absolute Gasteiger partial charge is 0.240 e. The van der Waals surface area contributed by atoms with E-state index < -0.39 is 10.0 Å². The molecule has 0 amide bonds. The quantitative estimate of drug-likeness (QED) is 0.138. The van der Waals surface area contributed by atoms with Crippen LogP contribution in [0.15, 0.2) is 102 Å². The van der Waals surface area contributed by atoms with Gasteiger partial charge in [-0.1, -0.05) is 56.3 Å². The molecule has 0 saturated heterocycles. The van der Waals surface area contributed by atoms with E-state index >= 15 is 0 Å². The lowest BCUT2D eigenvalue weighted by Crippen LogP contribution is -2.33. The second-order valence-electron chi connectivity index (χ2n) is 9.84. The van der Waals surface area contributed by atoms with E-state index in [1.165, 1.54) is 0 Å². The molecule has 0 unspecified atom stereocenters. The number of ether oxygens (including phenoxy) is 2. The number of hydrogen-bond acceptors (Lipinski definition) is 6. The van der Waals surface area contributed by atoms with E-state index in [9.17, 15) is 8.42 Å². The minimum atomic E-state index is -3.70. The number of methoxy groups -OCH3 is 1. The highest BCUT2D eigenvalue weighted by Gasteiger charge is 2.18. The summed E-state index contributed by atoms with van der Waals surface area (Å²) in [6.07, 6.45) is 0. The highest BCUT2D eigenvalue weighted by molar-refractivity contribution is 7.89. The maximum atomic E-state index is 13.0. The molecule has 0 heterocycles. The topological polar surface area (TPSA) is 118 Å². The van der Waals surface area contributed by atoms with Crippen molar-refractivity contribution < 1.29 is 17.9 Å². The SMILES string of the molecule is COc1cc(N(CCNS(=O)(=O)c2ccc(C(C)C)cc2)c2ccc(C(=N)N)cc2)ccc1OCc1ccccc1. The van der Waals surface area contributed by atoms with Gasteiger partial charge in [0.15, 0.2) is 11.5 Å². The number of anilines is 2. The Morgan fingerprint density at radius 3 is 2.17 bits per heavy atom. The van der Waals surface area contributed by atoms with Crippen LogP contribution in [0.3, 0.4) is 0 Å². The van der Waals surface area contributed by atoms with Crippen LogP contribution < -0.4 is 24.8 Å². The van der Waals surface area contributed by atoms with Crippen molar-refractivity contribution in [2.45, 2.75) is 31.3 Å². The second-order valence-corrected chi connectivity index (χ2v) is 11.6. The molecule has 4 aromatic rings. The van der Waals surface area contributed by atoms with Gasteiger partial charge in [0, 0.05) is 36.1 Å². The van der Waals surface area contributed by atoms with Crippen LogP contribution in [0.5, 0.6) is 11.5 Å². The Hall–Kier alpha value is -4.34. The molecule has 41 heavy (non-hydrogen) atoms. The van der Waals surface area contributed by atoms with Crippen LogP contribution >= 0.6 is 0 Å². The molecule has 0 aromatic heterocycles. The number of rotatable bonds is 13. The summed E-state index contributed by atoms with van der Waals surface area (Å²) in [5.41, 5.74) is 9.95. The fourth-order valence-electron chi connectivity index (χ4n) is 4.31. The highest BCUT2D eigenvalue weighted by Crippen LogP contribution is 2.35. The molecule has 4 N–H and O–H groups in total. The summed E-state index contributed by atoms with van der Waals surface area (Å²) < 4.78 is 40.4. The first kappa shape index (κ1) is 29.6. The van der Waals surface area contributed by atoms with E-state index in [4.69, 9.17) is 20.6 Å². The number of nitrogen functional groups attached to an aromatic ring is 1. The van der Waals surface area contributed by atoms with Crippen LogP contribution in [0, 0.1) is 5.41 Å². The Bertz CT molecular complexity index is 1560. The van der Waals surface area contributed by atoms with Gasteiger partial charge in [0.05, 0.1) is 12.0 Å². The van der Waals surface area contributed by atoms with Crippen molar-refractivity contribution in [2.24, 2.45) is 5.73 Å². The Morgan fingerprint density at radius 2 is 1.56 bits per heavy atom. The molecule has 0 fully saturated rings. The van der Waals surface area contributed by atoms with Gasteiger partial charge in [-0.2, -0.15) is 0 Å². The first-order chi connectivity index (χ1) is 19.7. The van der Waals surface area contributed by atoms with Crippen LogP contribution in [0.4, 0.5) is 11.4 Å². The Labute approximate surface area is 242 Å². The van der Waals surface area contributed by atoms with Gasteiger partial charge < -0.3 is 20.1 Å². The van der Waals surface area contributed by atoms with Crippen molar-refractivity contribution in [1.82, 2.24) is 4.72 Å². The second kappa shape index (κ2) is 13.3. The molecule has 0 aliphatic rings. The Morgan fingerprint density at radius 1 is 0.902 bits per heavy atom. The summed E-state index contributed by atoms with van der Waals surface area (Å²) >= 11 is 0. The third kappa shape index (κ3) is 7.65. The van der Waals surface area contributed by atoms with Crippen LogP contribution in [0.25, 0.3) is 0 Å². The summed E-state index contributed by atoms with van der Waals surface area (Å²) in [6, 6.07) is 29.7. The molecule has 8 nitrogen and oxygen atoms in total. The van der Waals surface area contributed by atoms with Gasteiger partial charge in [0.2, 0.25) is 10.0 Å². The summed E-state index contributed by atoms with van der Waals surface area (Å²) in [4.78, 5) is 2.19. The number of nitrogens with two attached hydrogens (primary N) is 1. The maximum absolute atomic E-state index is 13.0. The third-order valence-corrected chi connectivity index (χ3v) is 8.15. The summed E-state index contributed by atoms with van der Waals surface area (Å²) in [7, 11) is -2.12. The standard InChI is InChI=1S/C32H36N4O4S/c1-23(2)25-11-16-29(17-12-25)41(37,38)35-19-20-36(27-13-9-26(10-14-27)32(33)34)28-15-18-30(31(21-28)39-3)40-22-24-7-5-4-6-8-24/h4-18,21,23,35H,19-20,22H2,1-3H3,(H3,33,34). The number of amidine groups is 1. The maximum Gasteiger partial charge on any atom is 0.240 e. The lowest BCUT2D eigenvalue weighted by Gasteiger charge is -2.26. The zero-order valence-corrected chi connectivity index (χ0v) is 24.3. The lowest BCUT2D eigenvalue weighted by molar-refractivity contribution is 0.284. The molecule has 0 aliphatic heterocycles. The zero-order chi connectivity index (χ0) is 29.4. The Kier molecular flexibility index (Phi) is 9.65. The molecule has 4 aromatic carbocycles. The fraction of sp³-hybridized carbons (Fsp3) is 0.219. The van der Waals surface area contributed by atoms with Crippen molar-refractivity contribution in [3.63, 3.8) is 0 Å². The highest BCUT2D eigenvalue weighted by atomic mass is 32.2. The van der Waals surface area contributed by atoms with Crippen molar-refractivity contribution in [3.8, 4) is 11.5 Å². The largest absolute Gasteiger partial charge is 0.493 e. The van der Waals surface area contributed by atoms with Crippen LogP contribution in [-0.4, -0.2) is 34.5 Å². The predicted octanol–water partition coefficient (Wildman–Crippen LogP) is 5.80. The van der Waals surface area contributed by atoms with Gasteiger partial charge in [-0.15, -0.1) is 0 Å². The van der Waals surface area contributed by atoms with Crippen molar-refractivity contribution in [3.05, 3.63) is 114 Å². The minimum absolute atomic E-state index is 0.0269. The van der Waals surface area contributed by atoms with Crippen molar-refractivity contribution in [2.75, 3.05) is 25.1 Å². The van der Waals surface area contributed by atoms with Crippen molar-refractivity contribution in [1.29, 1.82) is 5.41 Å². The first-order valence-electron chi connectivity index (χ1n) is 13.3. The average molecular weight is 573 g/mol. The molecule has 0 atom stereocenters. The molecule has 214 valence electrons. The van der Waals surface area contributed by atoms with Gasteiger partial charge in [-0.3, -0.25) is 5.41 Å². The van der Waals surface area contributed by atoms with Gasteiger partial charge >= 0.3 is 0 Å². The van der Waals surface area contributed by atoms with E-state index in [1.807, 2.05) is 77.7 Å². The third-order valence-electron chi connectivity index (χ3n) is 6.67. The van der Waals surface area contributed by atoms with Gasteiger partial charge in [-0.25, -0.2) is 13.1 Å². The van der Waals surface area contributed by atoms with Gasteiger partial charge in [0.25, 0.3) is 0 Å². The monoisotopic (exact) mass is 572 g/mol. The zero-order valence-electron chi connectivity index (χ0n) is 23.5. The van der Waals surface area contributed by atoms with E-state index in [0.717, 1.165) is 22.5 Å². The van der Waals surface area contributed by atoms with Crippen LogP contribution in [0.2, 0.25) is 0 Å². The first-order valence-corrected chi connectivity index (χ1v) is 14.8. The molecule has 0 radical (unpaired) electrons. The molecule has 0 spiro atoms. The number of nitrogens with zero attached hydrogens (tertiary/aromatic N) is 1. The average Bonchev–Trinajstić information content (AvgIpc) is 2.99. The normalized spacial score (nSPS) is 11.3. The lowest BCUT2D eigenvalue weighted by atomic mass is 10.0. The van der Waals surface area contributed by atoms with E-state index in [0.29, 0.717) is 36.1 Å². The Balaban J connectivity index is 1.56. The molecule has 9 heteroatoms. The van der Waals surface area contributed by atoms with Crippen molar-refractivity contribution >= 4 is 27.2 Å². The molecule has 4 rings (SSSR count). The molecule has 0 bridgehead atoms. The number of sulfonamides is 1. The summed E-state index contributed by atoms with van der Waals surface area (Å²) in [5.74, 6) is 1.43. The van der Waals surface area contributed by atoms with Gasteiger partial charge in [-0.05, 0) is 65.6 Å². The minimum Gasteiger partial charge on any atom is -0.493 e. The summed E-state index contributed by atoms with van der Waals surface area (Å²) in [5, 5.41) is 7.71. The number of benzene rings is 4. The summed E-state index contributed by atoms with van der Waals surface area (Å²) in [6.45, 7) is 5.01. The molecule has 0 aliphatic carbocycles. The van der Waals surface area contributed by atoms with Gasteiger partial charge in [0.1, 0.15) is 12.4 Å². The van der Waals surface area contributed by atoms with Crippen LogP contribution in [-0.2, 0) is 16.6 Å². The number of hydrogen-bond donors (Lipinski definition) is 3.